The minimum atomic E-state index is -0.707. The molecule has 0 saturated carbocycles. The first-order valence-electron chi connectivity index (χ1n) is 11.6. The van der Waals surface area contributed by atoms with Gasteiger partial charge in [-0.25, -0.2) is 0 Å². The molecule has 2 heterocycles. The molecule has 1 N–H and O–H groups in total. The highest BCUT2D eigenvalue weighted by Gasteiger charge is 2.47. The average molecular weight is 496 g/mol. The van der Waals surface area contributed by atoms with E-state index in [0.717, 1.165) is 21.6 Å². The zero-order chi connectivity index (χ0) is 25.2. The fourth-order valence-corrected chi connectivity index (χ4v) is 5.27. The van der Waals surface area contributed by atoms with Crippen molar-refractivity contribution in [3.63, 3.8) is 0 Å². The monoisotopic (exact) mass is 495 g/mol. The molecule has 1 fully saturated rings. The highest BCUT2D eigenvalue weighted by Crippen LogP contribution is 2.44. The van der Waals surface area contributed by atoms with Crippen molar-refractivity contribution >= 4 is 34.5 Å². The Labute approximate surface area is 213 Å². The number of carbonyl (C=O) groups excluding carboxylic acids is 2. The third kappa shape index (κ3) is 4.43. The van der Waals surface area contributed by atoms with Gasteiger partial charge in [0.05, 0.1) is 5.57 Å². The largest absolute Gasteiger partial charge is 0.507 e. The van der Waals surface area contributed by atoms with Crippen LogP contribution in [0.4, 0.5) is 5.69 Å². The number of aliphatic hydroxyl groups is 1. The van der Waals surface area contributed by atoms with E-state index in [0.29, 0.717) is 23.6 Å². The fourth-order valence-electron chi connectivity index (χ4n) is 4.44. The molecular weight excluding hydrogens is 470 g/mol. The Morgan fingerprint density at radius 3 is 2.44 bits per heavy atom. The van der Waals surface area contributed by atoms with Gasteiger partial charge < -0.3 is 9.84 Å². The minimum Gasteiger partial charge on any atom is -0.507 e. The number of aryl methyl sites for hydroxylation is 2. The summed E-state index contributed by atoms with van der Waals surface area (Å²) in [5, 5.41) is 13.3. The normalized spacial score (nSPS) is 16.9. The van der Waals surface area contributed by atoms with Gasteiger partial charge >= 0.3 is 0 Å². The van der Waals surface area contributed by atoms with E-state index in [1.54, 1.807) is 18.2 Å². The van der Waals surface area contributed by atoms with Gasteiger partial charge in [0.2, 0.25) is 0 Å². The van der Waals surface area contributed by atoms with E-state index < -0.39 is 17.7 Å². The van der Waals surface area contributed by atoms with E-state index in [-0.39, 0.29) is 11.3 Å². The third-order valence-corrected chi connectivity index (χ3v) is 7.15. The van der Waals surface area contributed by atoms with Crippen LogP contribution in [0, 0.1) is 13.8 Å². The van der Waals surface area contributed by atoms with Crippen LogP contribution in [0.1, 0.15) is 33.2 Å². The van der Waals surface area contributed by atoms with Gasteiger partial charge in [0.15, 0.2) is 0 Å². The zero-order valence-electron chi connectivity index (χ0n) is 20.0. The molecule has 36 heavy (non-hydrogen) atoms. The van der Waals surface area contributed by atoms with Crippen molar-refractivity contribution < 1.29 is 19.4 Å². The van der Waals surface area contributed by atoms with E-state index in [4.69, 9.17) is 4.74 Å². The summed E-state index contributed by atoms with van der Waals surface area (Å²) >= 11 is 1.44. The molecule has 1 saturated heterocycles. The average Bonchev–Trinajstić information content (AvgIpc) is 3.50. The van der Waals surface area contributed by atoms with Gasteiger partial charge in [-0.05, 0) is 72.3 Å². The summed E-state index contributed by atoms with van der Waals surface area (Å²) in [6, 6.07) is 25.7. The van der Waals surface area contributed by atoms with Crippen LogP contribution in [-0.2, 0) is 16.2 Å². The van der Waals surface area contributed by atoms with Crippen molar-refractivity contribution in [2.75, 3.05) is 4.90 Å². The molecule has 6 heteroatoms. The van der Waals surface area contributed by atoms with Crippen LogP contribution in [0.3, 0.4) is 0 Å². The molecule has 0 radical (unpaired) electrons. The van der Waals surface area contributed by atoms with E-state index in [1.165, 1.54) is 16.2 Å². The second kappa shape index (κ2) is 9.84. The molecule has 0 spiro atoms. The van der Waals surface area contributed by atoms with Crippen LogP contribution in [0.25, 0.3) is 5.76 Å². The Kier molecular flexibility index (Phi) is 6.44. The molecule has 0 bridgehead atoms. The summed E-state index contributed by atoms with van der Waals surface area (Å²) in [6.45, 7) is 4.25. The van der Waals surface area contributed by atoms with E-state index in [9.17, 15) is 14.7 Å². The summed E-state index contributed by atoms with van der Waals surface area (Å²) in [7, 11) is 0. The zero-order valence-corrected chi connectivity index (χ0v) is 20.8. The maximum absolute atomic E-state index is 13.3. The van der Waals surface area contributed by atoms with Crippen molar-refractivity contribution in [1.29, 1.82) is 0 Å². The number of hydrogen-bond donors (Lipinski definition) is 1. The summed E-state index contributed by atoms with van der Waals surface area (Å²) in [5.41, 5.74) is 4.01. The number of hydrogen-bond acceptors (Lipinski definition) is 5. The summed E-state index contributed by atoms with van der Waals surface area (Å²) in [4.78, 5) is 28.8. The molecule has 1 aliphatic heterocycles. The SMILES string of the molecule is Cc1cccc(N2C(=O)C(=O)/C(=C(\O)c3ccc(OCc4ccccc4)c(C)c3)C2c2cccs2)c1. The predicted octanol–water partition coefficient (Wildman–Crippen LogP) is 6.57. The maximum atomic E-state index is 13.3. The quantitative estimate of drug-likeness (QED) is 0.187. The summed E-state index contributed by atoms with van der Waals surface area (Å²) in [6.07, 6.45) is 0. The number of nitrogens with zero attached hydrogens (tertiary/aromatic N) is 1. The van der Waals surface area contributed by atoms with Crippen molar-refractivity contribution in [3.05, 3.63) is 123 Å². The Bertz CT molecular complexity index is 1460. The molecule has 3 aromatic carbocycles. The van der Waals surface area contributed by atoms with Gasteiger partial charge in [-0.1, -0.05) is 48.5 Å². The van der Waals surface area contributed by atoms with Crippen molar-refractivity contribution in [2.45, 2.75) is 26.5 Å². The van der Waals surface area contributed by atoms with E-state index in [1.807, 2.05) is 86.0 Å². The fraction of sp³-hybridized carbons (Fsp3) is 0.133. The number of carbonyl (C=O) groups is 2. The Morgan fingerprint density at radius 1 is 0.944 bits per heavy atom. The van der Waals surface area contributed by atoms with Crippen LogP contribution in [0.5, 0.6) is 5.75 Å². The summed E-state index contributed by atoms with van der Waals surface area (Å²) in [5.74, 6) is -0.861. The number of aliphatic hydroxyl groups excluding tert-OH is 1. The number of rotatable bonds is 6. The van der Waals surface area contributed by atoms with Gasteiger partial charge in [-0.15, -0.1) is 11.3 Å². The number of anilines is 1. The Morgan fingerprint density at radius 2 is 1.75 bits per heavy atom. The first kappa shape index (κ1) is 23.6. The lowest BCUT2D eigenvalue weighted by molar-refractivity contribution is -0.132. The first-order chi connectivity index (χ1) is 17.4. The Hall–Kier alpha value is -4.16. The lowest BCUT2D eigenvalue weighted by Crippen LogP contribution is -2.29. The van der Waals surface area contributed by atoms with Gasteiger partial charge in [0.25, 0.3) is 11.7 Å². The molecule has 5 rings (SSSR count). The van der Waals surface area contributed by atoms with Gasteiger partial charge in [-0.3, -0.25) is 14.5 Å². The van der Waals surface area contributed by atoms with Gasteiger partial charge in [0, 0.05) is 16.1 Å². The molecule has 5 nitrogen and oxygen atoms in total. The van der Waals surface area contributed by atoms with Crippen LogP contribution < -0.4 is 9.64 Å². The highest BCUT2D eigenvalue weighted by atomic mass is 32.1. The molecule has 1 aromatic heterocycles. The van der Waals surface area contributed by atoms with Crippen LogP contribution >= 0.6 is 11.3 Å². The molecule has 1 aliphatic rings. The van der Waals surface area contributed by atoms with Crippen LogP contribution in [0.2, 0.25) is 0 Å². The number of amides is 1. The molecule has 0 aliphatic carbocycles. The first-order valence-corrected chi connectivity index (χ1v) is 12.5. The number of Topliss-reactive ketones (excluding diaryl/α,β-unsaturated/α-hetero) is 1. The standard InChI is InChI=1S/C30H25NO4S/c1-19-8-6-11-23(16-19)31-27(25-12-7-15-36-25)26(29(33)30(31)34)28(32)22-13-14-24(20(2)17-22)35-18-21-9-4-3-5-10-21/h3-17,27,32H,18H2,1-2H3/b28-26-. The van der Waals surface area contributed by atoms with E-state index in [2.05, 4.69) is 0 Å². The maximum Gasteiger partial charge on any atom is 0.300 e. The topological polar surface area (TPSA) is 66.8 Å². The predicted molar refractivity (Wildman–Crippen MR) is 142 cm³/mol. The molecule has 1 unspecified atom stereocenters. The van der Waals surface area contributed by atoms with Crippen LogP contribution in [-0.4, -0.2) is 16.8 Å². The lowest BCUT2D eigenvalue weighted by atomic mass is 9.98. The third-order valence-electron chi connectivity index (χ3n) is 6.22. The summed E-state index contributed by atoms with van der Waals surface area (Å²) < 4.78 is 5.96. The molecule has 4 aromatic rings. The van der Waals surface area contributed by atoms with Crippen molar-refractivity contribution in [1.82, 2.24) is 0 Å². The lowest BCUT2D eigenvalue weighted by Gasteiger charge is -2.24. The number of ether oxygens (including phenoxy) is 1. The van der Waals surface area contributed by atoms with Crippen molar-refractivity contribution in [3.8, 4) is 5.75 Å². The van der Waals surface area contributed by atoms with Crippen LogP contribution in [0.15, 0.2) is 95.9 Å². The highest BCUT2D eigenvalue weighted by molar-refractivity contribution is 7.10. The minimum absolute atomic E-state index is 0.0845. The van der Waals surface area contributed by atoms with Gasteiger partial charge in [-0.2, -0.15) is 0 Å². The van der Waals surface area contributed by atoms with E-state index >= 15 is 0 Å². The molecule has 180 valence electrons. The second-order valence-corrected chi connectivity index (χ2v) is 9.76. The molecule has 1 atom stereocenters. The molecule has 1 amide bonds. The molecular formula is C30H25NO4S. The smallest absolute Gasteiger partial charge is 0.300 e. The Balaban J connectivity index is 1.53. The second-order valence-electron chi connectivity index (χ2n) is 8.78. The van der Waals surface area contributed by atoms with Gasteiger partial charge in [0.1, 0.15) is 24.2 Å². The number of ketones is 1. The van der Waals surface area contributed by atoms with Crippen molar-refractivity contribution in [2.24, 2.45) is 0 Å². The number of benzene rings is 3. The number of thiophene rings is 1.